The molecule has 0 bridgehead atoms. The number of benzene rings is 1. The predicted octanol–water partition coefficient (Wildman–Crippen LogP) is 3.93. The van der Waals surface area contributed by atoms with Crippen LogP contribution in [0.3, 0.4) is 0 Å². The average Bonchev–Trinajstić information content (AvgIpc) is 2.91. The fourth-order valence-corrected chi connectivity index (χ4v) is 3.19. The predicted molar refractivity (Wildman–Crippen MR) is 81.9 cm³/mol. The third-order valence-corrected chi connectivity index (χ3v) is 4.81. The molecule has 1 aliphatic heterocycles. The number of aliphatic carboxylic acids is 1. The molecule has 0 spiro atoms. The second kappa shape index (κ2) is 6.27. The summed E-state index contributed by atoms with van der Waals surface area (Å²) in [4.78, 5) is 25.4. The summed E-state index contributed by atoms with van der Waals surface area (Å²) in [6.45, 7) is 3.65. The number of alkyl halides is 3. The molecule has 1 heterocycles. The number of carboxylic acid groups (broad SMARTS) is 1. The van der Waals surface area contributed by atoms with E-state index in [0.717, 1.165) is 18.2 Å². The van der Waals surface area contributed by atoms with Gasteiger partial charge in [-0.05, 0) is 30.5 Å². The van der Waals surface area contributed by atoms with Crippen molar-refractivity contribution >= 4 is 23.5 Å². The number of carboxylic acids is 1. The van der Waals surface area contributed by atoms with Crippen molar-refractivity contribution in [2.75, 3.05) is 13.1 Å². The van der Waals surface area contributed by atoms with E-state index in [9.17, 15) is 27.9 Å². The first-order valence-electron chi connectivity index (χ1n) is 7.38. The van der Waals surface area contributed by atoms with Crippen LogP contribution in [0.4, 0.5) is 13.2 Å². The molecule has 0 radical (unpaired) electrons. The minimum Gasteiger partial charge on any atom is -0.481 e. The minimum atomic E-state index is -4.62. The van der Waals surface area contributed by atoms with E-state index in [1.54, 1.807) is 13.8 Å². The normalized spacial score (nSPS) is 21.4. The summed E-state index contributed by atoms with van der Waals surface area (Å²) in [5.41, 5.74) is -2.29. The number of amides is 1. The van der Waals surface area contributed by atoms with Gasteiger partial charge in [-0.2, -0.15) is 13.2 Å². The molecule has 4 nitrogen and oxygen atoms in total. The van der Waals surface area contributed by atoms with Gasteiger partial charge in [-0.1, -0.05) is 25.4 Å². The molecule has 1 amide bonds. The molecular formula is C16H17ClF3NO3. The Morgan fingerprint density at radius 2 is 1.92 bits per heavy atom. The van der Waals surface area contributed by atoms with Crippen LogP contribution < -0.4 is 0 Å². The molecule has 24 heavy (non-hydrogen) atoms. The Hall–Kier alpha value is -1.76. The summed E-state index contributed by atoms with van der Waals surface area (Å²) in [6, 6.07) is 2.65. The van der Waals surface area contributed by atoms with Crippen molar-refractivity contribution in [2.45, 2.75) is 26.4 Å². The molecule has 1 aliphatic rings. The Kier molecular flexibility index (Phi) is 4.86. The van der Waals surface area contributed by atoms with E-state index < -0.39 is 29.0 Å². The Morgan fingerprint density at radius 1 is 1.29 bits per heavy atom. The molecule has 1 N–H and O–H groups in total. The van der Waals surface area contributed by atoms with Crippen molar-refractivity contribution in [1.29, 1.82) is 0 Å². The molecule has 0 aromatic heterocycles. The van der Waals surface area contributed by atoms with Crippen LogP contribution in [0.15, 0.2) is 18.2 Å². The highest BCUT2D eigenvalue weighted by Crippen LogP contribution is 2.39. The van der Waals surface area contributed by atoms with Gasteiger partial charge in [0.2, 0.25) is 0 Å². The van der Waals surface area contributed by atoms with Gasteiger partial charge in [0, 0.05) is 23.7 Å². The second-order valence-electron chi connectivity index (χ2n) is 6.32. The summed E-state index contributed by atoms with van der Waals surface area (Å²) >= 11 is 5.70. The molecule has 0 saturated carbocycles. The van der Waals surface area contributed by atoms with Gasteiger partial charge in [-0.3, -0.25) is 9.59 Å². The van der Waals surface area contributed by atoms with E-state index in [-0.39, 0.29) is 36.0 Å². The van der Waals surface area contributed by atoms with E-state index >= 15 is 0 Å². The van der Waals surface area contributed by atoms with Crippen LogP contribution in [0.1, 0.15) is 36.2 Å². The molecular weight excluding hydrogens is 347 g/mol. The lowest BCUT2D eigenvalue weighted by molar-refractivity contribution is -0.150. The smallest absolute Gasteiger partial charge is 0.416 e. The number of likely N-dealkylation sites (tertiary alicyclic amines) is 1. The standard InChI is InChI=1S/C16H17ClF3NO3/c1-9(2)15(14(23)24)3-4-21(8-15)13(22)10-5-11(16(18,19)20)7-12(17)6-10/h5-7,9H,3-4,8H2,1-2H3,(H,23,24). The summed E-state index contributed by atoms with van der Waals surface area (Å²) in [5.74, 6) is -1.86. The maximum atomic E-state index is 12.9. The van der Waals surface area contributed by atoms with Crippen molar-refractivity contribution in [2.24, 2.45) is 11.3 Å². The molecule has 1 atom stereocenters. The third kappa shape index (κ3) is 3.36. The lowest BCUT2D eigenvalue weighted by Crippen LogP contribution is -2.40. The lowest BCUT2D eigenvalue weighted by atomic mass is 9.76. The van der Waals surface area contributed by atoms with Crippen molar-refractivity contribution in [3.05, 3.63) is 34.3 Å². The van der Waals surface area contributed by atoms with Gasteiger partial charge in [0.05, 0.1) is 11.0 Å². The van der Waals surface area contributed by atoms with E-state index in [1.807, 2.05) is 0 Å². The van der Waals surface area contributed by atoms with Crippen LogP contribution >= 0.6 is 11.6 Å². The molecule has 1 saturated heterocycles. The number of hydrogen-bond acceptors (Lipinski definition) is 2. The zero-order chi connectivity index (χ0) is 18.3. The summed E-state index contributed by atoms with van der Waals surface area (Å²) < 4.78 is 38.6. The van der Waals surface area contributed by atoms with Gasteiger partial charge in [0.25, 0.3) is 5.91 Å². The number of nitrogens with zero attached hydrogens (tertiary/aromatic N) is 1. The Morgan fingerprint density at radius 3 is 2.38 bits per heavy atom. The number of carbonyl (C=O) groups excluding carboxylic acids is 1. The maximum Gasteiger partial charge on any atom is 0.416 e. The molecule has 132 valence electrons. The van der Waals surface area contributed by atoms with E-state index in [0.29, 0.717) is 0 Å². The van der Waals surface area contributed by atoms with E-state index in [2.05, 4.69) is 0 Å². The second-order valence-corrected chi connectivity index (χ2v) is 6.76. The Balaban J connectivity index is 2.31. The van der Waals surface area contributed by atoms with Gasteiger partial charge < -0.3 is 10.0 Å². The van der Waals surface area contributed by atoms with Crippen molar-refractivity contribution in [3.8, 4) is 0 Å². The lowest BCUT2D eigenvalue weighted by Gasteiger charge is -2.28. The van der Waals surface area contributed by atoms with Crippen LogP contribution in [-0.2, 0) is 11.0 Å². The van der Waals surface area contributed by atoms with Crippen LogP contribution in [0.2, 0.25) is 5.02 Å². The highest BCUT2D eigenvalue weighted by atomic mass is 35.5. The first kappa shape index (κ1) is 18.6. The van der Waals surface area contributed by atoms with Crippen LogP contribution in [-0.4, -0.2) is 35.0 Å². The van der Waals surface area contributed by atoms with Crippen molar-refractivity contribution in [1.82, 2.24) is 4.90 Å². The number of carbonyl (C=O) groups is 2. The molecule has 1 aromatic carbocycles. The maximum absolute atomic E-state index is 12.9. The number of hydrogen-bond donors (Lipinski definition) is 1. The Labute approximate surface area is 142 Å². The zero-order valence-corrected chi connectivity index (χ0v) is 13.9. The molecule has 2 rings (SSSR count). The van der Waals surface area contributed by atoms with Crippen molar-refractivity contribution < 1.29 is 27.9 Å². The SMILES string of the molecule is CC(C)C1(C(=O)O)CCN(C(=O)c2cc(Cl)cc(C(F)(F)F)c2)C1. The Bertz CT molecular complexity index is 675. The summed E-state index contributed by atoms with van der Waals surface area (Å²) in [7, 11) is 0. The summed E-state index contributed by atoms with van der Waals surface area (Å²) in [5, 5.41) is 9.30. The summed E-state index contributed by atoms with van der Waals surface area (Å²) in [6.07, 6.45) is -4.36. The van der Waals surface area contributed by atoms with Gasteiger partial charge in [0.1, 0.15) is 0 Å². The monoisotopic (exact) mass is 363 g/mol. The fourth-order valence-electron chi connectivity index (χ4n) is 2.96. The first-order valence-corrected chi connectivity index (χ1v) is 7.75. The number of halogens is 4. The van der Waals surface area contributed by atoms with Crippen LogP contribution in [0.5, 0.6) is 0 Å². The molecule has 1 aromatic rings. The topological polar surface area (TPSA) is 57.6 Å². The van der Waals surface area contributed by atoms with Gasteiger partial charge >= 0.3 is 12.1 Å². The first-order chi connectivity index (χ1) is 11.0. The van der Waals surface area contributed by atoms with Gasteiger partial charge in [-0.15, -0.1) is 0 Å². The van der Waals surface area contributed by atoms with Gasteiger partial charge in [0.15, 0.2) is 0 Å². The fraction of sp³-hybridized carbons (Fsp3) is 0.500. The van der Waals surface area contributed by atoms with Crippen LogP contribution in [0, 0.1) is 11.3 Å². The van der Waals surface area contributed by atoms with Crippen LogP contribution in [0.25, 0.3) is 0 Å². The third-order valence-electron chi connectivity index (χ3n) is 4.59. The zero-order valence-electron chi connectivity index (χ0n) is 13.2. The average molecular weight is 364 g/mol. The van der Waals surface area contributed by atoms with Crippen molar-refractivity contribution in [3.63, 3.8) is 0 Å². The van der Waals surface area contributed by atoms with Gasteiger partial charge in [-0.25, -0.2) is 0 Å². The molecule has 0 aliphatic carbocycles. The quantitative estimate of drug-likeness (QED) is 0.885. The molecule has 8 heteroatoms. The van der Waals surface area contributed by atoms with E-state index in [4.69, 9.17) is 11.6 Å². The highest BCUT2D eigenvalue weighted by molar-refractivity contribution is 6.31. The molecule has 1 unspecified atom stereocenters. The largest absolute Gasteiger partial charge is 0.481 e. The molecule has 1 fully saturated rings. The van der Waals surface area contributed by atoms with E-state index in [1.165, 1.54) is 4.90 Å². The highest BCUT2D eigenvalue weighted by Gasteiger charge is 2.48. The number of rotatable bonds is 3. The minimum absolute atomic E-state index is 0.0350.